The highest BCUT2D eigenvalue weighted by Crippen LogP contribution is 2.33. The zero-order valence-corrected chi connectivity index (χ0v) is 10.4. The third-order valence-electron chi connectivity index (χ3n) is 2.98. The van der Waals surface area contributed by atoms with Gasteiger partial charge in [-0.15, -0.1) is 0 Å². The Hall–Kier alpha value is -1.23. The SMILES string of the molecule is Cc1cc(C(N)=S)nc(NC2(C)CCC2)n1. The molecule has 1 aromatic rings. The first-order valence-electron chi connectivity index (χ1n) is 5.42. The second kappa shape index (κ2) is 3.97. The Bertz CT molecular complexity index is 426. The van der Waals surface area contributed by atoms with Gasteiger partial charge in [0.2, 0.25) is 5.95 Å². The monoisotopic (exact) mass is 236 g/mol. The summed E-state index contributed by atoms with van der Waals surface area (Å²) < 4.78 is 0. The maximum absolute atomic E-state index is 5.58. The summed E-state index contributed by atoms with van der Waals surface area (Å²) in [6.45, 7) is 4.10. The minimum atomic E-state index is 0.140. The van der Waals surface area contributed by atoms with E-state index >= 15 is 0 Å². The maximum atomic E-state index is 5.58. The van der Waals surface area contributed by atoms with E-state index in [4.69, 9.17) is 18.0 Å². The molecule has 2 rings (SSSR count). The van der Waals surface area contributed by atoms with E-state index in [2.05, 4.69) is 22.2 Å². The smallest absolute Gasteiger partial charge is 0.223 e. The van der Waals surface area contributed by atoms with E-state index in [1.165, 1.54) is 6.42 Å². The molecule has 0 radical (unpaired) electrons. The third-order valence-corrected chi connectivity index (χ3v) is 3.19. The highest BCUT2D eigenvalue weighted by molar-refractivity contribution is 7.80. The van der Waals surface area contributed by atoms with Gasteiger partial charge in [-0.05, 0) is 39.2 Å². The second-order valence-electron chi connectivity index (χ2n) is 4.62. The molecule has 3 N–H and O–H groups in total. The Morgan fingerprint density at radius 2 is 2.19 bits per heavy atom. The van der Waals surface area contributed by atoms with Crippen LogP contribution in [0.25, 0.3) is 0 Å². The Balaban J connectivity index is 2.23. The molecule has 0 atom stereocenters. The van der Waals surface area contributed by atoms with Crippen LogP contribution >= 0.6 is 12.2 Å². The Morgan fingerprint density at radius 3 is 2.69 bits per heavy atom. The van der Waals surface area contributed by atoms with E-state index in [0.717, 1.165) is 18.5 Å². The zero-order valence-electron chi connectivity index (χ0n) is 9.58. The normalized spacial score (nSPS) is 17.6. The molecular formula is C11H16N4S. The molecule has 0 aromatic carbocycles. The molecular weight excluding hydrogens is 220 g/mol. The molecule has 1 aliphatic carbocycles. The van der Waals surface area contributed by atoms with Gasteiger partial charge < -0.3 is 11.1 Å². The number of nitrogens with two attached hydrogens (primary N) is 1. The summed E-state index contributed by atoms with van der Waals surface area (Å²) in [4.78, 5) is 8.97. The average molecular weight is 236 g/mol. The van der Waals surface area contributed by atoms with Crippen LogP contribution in [0.4, 0.5) is 5.95 Å². The second-order valence-corrected chi connectivity index (χ2v) is 5.06. The van der Waals surface area contributed by atoms with Crippen molar-refractivity contribution >= 4 is 23.2 Å². The molecule has 86 valence electrons. The van der Waals surface area contributed by atoms with Gasteiger partial charge in [-0.1, -0.05) is 12.2 Å². The number of hydrogen-bond donors (Lipinski definition) is 2. The molecule has 0 aliphatic heterocycles. The lowest BCUT2D eigenvalue weighted by atomic mass is 9.79. The lowest BCUT2D eigenvalue weighted by Crippen LogP contribution is -2.42. The van der Waals surface area contributed by atoms with Crippen molar-refractivity contribution in [3.63, 3.8) is 0 Å². The van der Waals surface area contributed by atoms with Crippen molar-refractivity contribution in [1.29, 1.82) is 0 Å². The average Bonchev–Trinajstić information content (AvgIpc) is 2.14. The fourth-order valence-corrected chi connectivity index (χ4v) is 1.96. The molecule has 16 heavy (non-hydrogen) atoms. The van der Waals surface area contributed by atoms with Gasteiger partial charge in [0.15, 0.2) is 0 Å². The molecule has 0 bridgehead atoms. The van der Waals surface area contributed by atoms with Crippen LogP contribution in [0.2, 0.25) is 0 Å². The van der Waals surface area contributed by atoms with Gasteiger partial charge in [-0.2, -0.15) is 0 Å². The number of hydrogen-bond acceptors (Lipinski definition) is 4. The quantitative estimate of drug-likeness (QED) is 0.783. The van der Waals surface area contributed by atoms with E-state index in [9.17, 15) is 0 Å². The van der Waals surface area contributed by atoms with E-state index in [0.29, 0.717) is 16.6 Å². The molecule has 1 heterocycles. The van der Waals surface area contributed by atoms with E-state index < -0.39 is 0 Å². The molecule has 0 amide bonds. The number of nitrogens with one attached hydrogen (secondary N) is 1. The van der Waals surface area contributed by atoms with Crippen LogP contribution in [-0.2, 0) is 0 Å². The number of aryl methyl sites for hydroxylation is 1. The number of rotatable bonds is 3. The molecule has 1 saturated carbocycles. The predicted octanol–water partition coefficient (Wildman–Crippen LogP) is 1.77. The van der Waals surface area contributed by atoms with Crippen molar-refractivity contribution in [2.24, 2.45) is 5.73 Å². The summed E-state index contributed by atoms with van der Waals surface area (Å²) in [5.74, 6) is 0.630. The van der Waals surface area contributed by atoms with Crippen molar-refractivity contribution in [3.8, 4) is 0 Å². The first kappa shape index (κ1) is 11.3. The minimum Gasteiger partial charge on any atom is -0.388 e. The summed E-state index contributed by atoms with van der Waals surface area (Å²) in [5.41, 5.74) is 7.23. The molecule has 1 fully saturated rings. The summed E-state index contributed by atoms with van der Waals surface area (Å²) in [6.07, 6.45) is 3.58. The molecule has 1 aliphatic rings. The van der Waals surface area contributed by atoms with Crippen molar-refractivity contribution in [2.45, 2.75) is 38.6 Å². The summed E-state index contributed by atoms with van der Waals surface area (Å²) in [5, 5.41) is 3.35. The minimum absolute atomic E-state index is 0.140. The van der Waals surface area contributed by atoms with Gasteiger partial charge in [0.25, 0.3) is 0 Å². The molecule has 0 spiro atoms. The highest BCUT2D eigenvalue weighted by Gasteiger charge is 2.32. The van der Waals surface area contributed by atoms with Gasteiger partial charge in [-0.3, -0.25) is 0 Å². The summed E-state index contributed by atoms with van der Waals surface area (Å²) in [7, 11) is 0. The zero-order chi connectivity index (χ0) is 11.8. The molecule has 5 heteroatoms. The maximum Gasteiger partial charge on any atom is 0.223 e. The highest BCUT2D eigenvalue weighted by atomic mass is 32.1. The Morgan fingerprint density at radius 1 is 1.50 bits per heavy atom. The first-order valence-corrected chi connectivity index (χ1v) is 5.83. The molecule has 0 unspecified atom stereocenters. The predicted molar refractivity (Wildman–Crippen MR) is 68.5 cm³/mol. The van der Waals surface area contributed by atoms with Gasteiger partial charge in [-0.25, -0.2) is 9.97 Å². The number of aromatic nitrogens is 2. The van der Waals surface area contributed by atoms with Crippen molar-refractivity contribution in [3.05, 3.63) is 17.5 Å². The Kier molecular flexibility index (Phi) is 2.80. The van der Waals surface area contributed by atoms with Crippen LogP contribution in [0, 0.1) is 6.92 Å². The van der Waals surface area contributed by atoms with Gasteiger partial charge in [0.1, 0.15) is 10.7 Å². The standard InChI is InChI=1S/C11H16N4S/c1-7-6-8(9(12)16)14-10(13-7)15-11(2)4-3-5-11/h6H,3-5H2,1-2H3,(H2,12,16)(H,13,14,15). The van der Waals surface area contributed by atoms with Crippen LogP contribution in [0.3, 0.4) is 0 Å². The summed E-state index contributed by atoms with van der Waals surface area (Å²) in [6, 6.07) is 1.80. The topological polar surface area (TPSA) is 63.8 Å². The molecule has 4 nitrogen and oxygen atoms in total. The van der Waals surface area contributed by atoms with Crippen LogP contribution in [0.1, 0.15) is 37.6 Å². The lowest BCUT2D eigenvalue weighted by Gasteiger charge is -2.39. The number of nitrogens with zero attached hydrogens (tertiary/aromatic N) is 2. The van der Waals surface area contributed by atoms with Gasteiger partial charge in [0, 0.05) is 11.2 Å². The largest absolute Gasteiger partial charge is 0.388 e. The third kappa shape index (κ3) is 2.29. The fraction of sp³-hybridized carbons (Fsp3) is 0.545. The van der Waals surface area contributed by atoms with E-state index in [1.807, 2.05) is 6.92 Å². The number of anilines is 1. The van der Waals surface area contributed by atoms with E-state index in [1.54, 1.807) is 6.07 Å². The number of thiocarbonyl (C=S) groups is 1. The van der Waals surface area contributed by atoms with Crippen molar-refractivity contribution in [1.82, 2.24) is 9.97 Å². The first-order chi connectivity index (χ1) is 7.48. The van der Waals surface area contributed by atoms with Gasteiger partial charge in [0.05, 0.1) is 0 Å². The van der Waals surface area contributed by atoms with E-state index in [-0.39, 0.29) is 5.54 Å². The molecule has 0 saturated heterocycles. The molecule has 1 aromatic heterocycles. The van der Waals surface area contributed by atoms with Crippen LogP contribution in [0.5, 0.6) is 0 Å². The van der Waals surface area contributed by atoms with Crippen molar-refractivity contribution < 1.29 is 0 Å². The Labute approximate surface area is 101 Å². The van der Waals surface area contributed by atoms with Gasteiger partial charge >= 0.3 is 0 Å². The summed E-state index contributed by atoms with van der Waals surface area (Å²) >= 11 is 4.92. The fourth-order valence-electron chi connectivity index (χ4n) is 1.85. The van der Waals surface area contributed by atoms with Crippen molar-refractivity contribution in [2.75, 3.05) is 5.32 Å². The van der Waals surface area contributed by atoms with Crippen LogP contribution < -0.4 is 11.1 Å². The lowest BCUT2D eigenvalue weighted by molar-refractivity contribution is 0.304. The van der Waals surface area contributed by atoms with Crippen LogP contribution in [-0.4, -0.2) is 20.5 Å². The van der Waals surface area contributed by atoms with Crippen LogP contribution in [0.15, 0.2) is 6.07 Å².